The first-order valence-electron chi connectivity index (χ1n) is 9.38. The average Bonchev–Trinajstić information content (AvgIpc) is 2.74. The molecule has 1 amide bonds. The molecular weight excluding hydrogens is 336 g/mol. The van der Waals surface area contributed by atoms with E-state index in [-0.39, 0.29) is 5.91 Å². The van der Waals surface area contributed by atoms with E-state index in [1.807, 2.05) is 41.3 Å². The number of amides is 1. The fraction of sp³-hybridized carbons (Fsp3) is 0.261. The van der Waals surface area contributed by atoms with Gasteiger partial charge in [-0.15, -0.1) is 0 Å². The Morgan fingerprint density at radius 3 is 2.48 bits per heavy atom. The molecule has 4 rings (SSSR count). The van der Waals surface area contributed by atoms with Crippen LogP contribution >= 0.6 is 0 Å². The monoisotopic (exact) mass is 360 g/mol. The van der Waals surface area contributed by atoms with Crippen LogP contribution in [0.15, 0.2) is 66.7 Å². The Morgan fingerprint density at radius 2 is 1.67 bits per heavy atom. The van der Waals surface area contributed by atoms with Crippen molar-refractivity contribution in [1.82, 2.24) is 4.90 Å². The summed E-state index contributed by atoms with van der Waals surface area (Å²) in [4.78, 5) is 17.1. The van der Waals surface area contributed by atoms with Crippen LogP contribution in [0.4, 0.5) is 5.69 Å². The minimum Gasteiger partial charge on any atom is -0.497 e. The van der Waals surface area contributed by atoms with E-state index in [0.717, 1.165) is 43.2 Å². The number of nitrogens with zero attached hydrogens (tertiary/aromatic N) is 2. The minimum atomic E-state index is 0.205. The van der Waals surface area contributed by atoms with Crippen molar-refractivity contribution in [3.63, 3.8) is 0 Å². The van der Waals surface area contributed by atoms with Gasteiger partial charge in [0.05, 0.1) is 13.5 Å². The van der Waals surface area contributed by atoms with Gasteiger partial charge in [0, 0.05) is 37.9 Å². The zero-order valence-corrected chi connectivity index (χ0v) is 15.6. The van der Waals surface area contributed by atoms with E-state index in [4.69, 9.17) is 4.74 Å². The zero-order chi connectivity index (χ0) is 18.6. The van der Waals surface area contributed by atoms with Gasteiger partial charge in [-0.25, -0.2) is 0 Å². The molecule has 0 saturated carbocycles. The third-order valence-corrected chi connectivity index (χ3v) is 5.27. The summed E-state index contributed by atoms with van der Waals surface area (Å²) in [5, 5.41) is 2.36. The van der Waals surface area contributed by atoms with Gasteiger partial charge in [-0.1, -0.05) is 48.5 Å². The van der Waals surface area contributed by atoms with Crippen molar-refractivity contribution in [2.45, 2.75) is 6.42 Å². The van der Waals surface area contributed by atoms with Crippen LogP contribution in [0.2, 0.25) is 0 Å². The first kappa shape index (κ1) is 17.4. The van der Waals surface area contributed by atoms with Crippen LogP contribution in [0.1, 0.15) is 5.56 Å². The number of hydrogen-bond donors (Lipinski definition) is 0. The van der Waals surface area contributed by atoms with Crippen LogP contribution in [0.3, 0.4) is 0 Å². The SMILES string of the molecule is COc1cccc(N2CCN(C(=O)Cc3cccc4ccccc34)CC2)c1. The smallest absolute Gasteiger partial charge is 0.227 e. The lowest BCUT2D eigenvalue weighted by Gasteiger charge is -2.36. The van der Waals surface area contributed by atoms with Gasteiger partial charge < -0.3 is 14.5 Å². The number of piperazine rings is 1. The summed E-state index contributed by atoms with van der Waals surface area (Å²) in [6.45, 7) is 3.19. The highest BCUT2D eigenvalue weighted by atomic mass is 16.5. The number of carbonyl (C=O) groups excluding carboxylic acids is 1. The number of rotatable bonds is 4. The van der Waals surface area contributed by atoms with Crippen LogP contribution in [-0.4, -0.2) is 44.1 Å². The molecular formula is C23H24N2O2. The number of fused-ring (bicyclic) bond motifs is 1. The number of benzene rings is 3. The Hall–Kier alpha value is -3.01. The topological polar surface area (TPSA) is 32.8 Å². The second-order valence-corrected chi connectivity index (χ2v) is 6.88. The van der Waals surface area contributed by atoms with Gasteiger partial charge >= 0.3 is 0 Å². The maximum absolute atomic E-state index is 12.8. The highest BCUT2D eigenvalue weighted by Crippen LogP contribution is 2.23. The molecule has 0 atom stereocenters. The summed E-state index contributed by atoms with van der Waals surface area (Å²) in [5.74, 6) is 1.07. The predicted molar refractivity (Wildman–Crippen MR) is 109 cm³/mol. The molecule has 1 aliphatic heterocycles. The van der Waals surface area contributed by atoms with E-state index in [9.17, 15) is 4.79 Å². The standard InChI is InChI=1S/C23H24N2O2/c1-27-21-10-5-9-20(17-21)24-12-14-25(15-13-24)23(26)16-19-8-4-7-18-6-2-3-11-22(18)19/h2-11,17H,12-16H2,1H3. The zero-order valence-electron chi connectivity index (χ0n) is 15.6. The van der Waals surface area contributed by atoms with Crippen molar-refractivity contribution in [2.24, 2.45) is 0 Å². The summed E-state index contributed by atoms with van der Waals surface area (Å²) >= 11 is 0. The summed E-state index contributed by atoms with van der Waals surface area (Å²) in [5.41, 5.74) is 2.25. The molecule has 138 valence electrons. The van der Waals surface area contributed by atoms with E-state index in [2.05, 4.69) is 35.2 Å². The first-order valence-corrected chi connectivity index (χ1v) is 9.38. The molecule has 0 bridgehead atoms. The molecule has 1 saturated heterocycles. The molecule has 3 aromatic carbocycles. The number of carbonyl (C=O) groups is 1. The van der Waals surface area contributed by atoms with Crippen LogP contribution in [0.25, 0.3) is 10.8 Å². The van der Waals surface area contributed by atoms with Crippen LogP contribution in [-0.2, 0) is 11.2 Å². The highest BCUT2D eigenvalue weighted by molar-refractivity contribution is 5.90. The summed E-state index contributed by atoms with van der Waals surface area (Å²) in [6.07, 6.45) is 0.459. The van der Waals surface area contributed by atoms with Gasteiger partial charge in [-0.3, -0.25) is 4.79 Å². The molecule has 4 heteroatoms. The normalized spacial score (nSPS) is 14.4. The summed E-state index contributed by atoms with van der Waals surface area (Å²) in [6, 6.07) is 22.5. The minimum absolute atomic E-state index is 0.205. The third-order valence-electron chi connectivity index (χ3n) is 5.27. The van der Waals surface area contributed by atoms with Crippen LogP contribution in [0, 0.1) is 0 Å². The molecule has 4 nitrogen and oxygen atoms in total. The molecule has 0 aromatic heterocycles. The molecule has 27 heavy (non-hydrogen) atoms. The Bertz CT molecular complexity index is 941. The fourth-order valence-electron chi connectivity index (χ4n) is 3.74. The van der Waals surface area contributed by atoms with Crippen molar-refractivity contribution < 1.29 is 9.53 Å². The van der Waals surface area contributed by atoms with Gasteiger partial charge in [-0.2, -0.15) is 0 Å². The second kappa shape index (κ2) is 7.70. The summed E-state index contributed by atoms with van der Waals surface area (Å²) in [7, 11) is 1.68. The average molecular weight is 360 g/mol. The summed E-state index contributed by atoms with van der Waals surface area (Å²) < 4.78 is 5.32. The largest absolute Gasteiger partial charge is 0.497 e. The van der Waals surface area contributed by atoms with Crippen molar-refractivity contribution in [3.05, 3.63) is 72.3 Å². The quantitative estimate of drug-likeness (QED) is 0.711. The molecule has 1 heterocycles. The second-order valence-electron chi connectivity index (χ2n) is 6.88. The number of ether oxygens (including phenoxy) is 1. The Balaban J connectivity index is 1.41. The maximum atomic E-state index is 12.8. The molecule has 0 radical (unpaired) electrons. The van der Waals surface area contributed by atoms with Gasteiger partial charge in [0.15, 0.2) is 0 Å². The lowest BCUT2D eigenvalue weighted by molar-refractivity contribution is -0.130. The van der Waals surface area contributed by atoms with E-state index >= 15 is 0 Å². The van der Waals surface area contributed by atoms with E-state index < -0.39 is 0 Å². The molecule has 0 unspecified atom stereocenters. The predicted octanol–water partition coefficient (Wildman–Crippen LogP) is 3.74. The van der Waals surface area contributed by atoms with Gasteiger partial charge in [-0.05, 0) is 28.5 Å². The molecule has 0 aliphatic carbocycles. The molecule has 0 N–H and O–H groups in total. The Labute approximate surface area is 160 Å². The van der Waals surface area contributed by atoms with Crippen molar-refractivity contribution in [1.29, 1.82) is 0 Å². The number of hydrogen-bond acceptors (Lipinski definition) is 3. The lowest BCUT2D eigenvalue weighted by atomic mass is 10.0. The van der Waals surface area contributed by atoms with Crippen LogP contribution < -0.4 is 9.64 Å². The van der Waals surface area contributed by atoms with Crippen LogP contribution in [0.5, 0.6) is 5.75 Å². The molecule has 3 aromatic rings. The number of methoxy groups -OCH3 is 1. The van der Waals surface area contributed by atoms with Crippen molar-refractivity contribution >= 4 is 22.4 Å². The Morgan fingerprint density at radius 1 is 0.926 bits per heavy atom. The van der Waals surface area contributed by atoms with Crippen molar-refractivity contribution in [3.8, 4) is 5.75 Å². The molecule has 1 aliphatic rings. The van der Waals surface area contributed by atoms with Gasteiger partial charge in [0.1, 0.15) is 5.75 Å². The Kier molecular flexibility index (Phi) is 4.97. The number of anilines is 1. The molecule has 0 spiro atoms. The third kappa shape index (κ3) is 3.75. The lowest BCUT2D eigenvalue weighted by Crippen LogP contribution is -2.49. The van der Waals surface area contributed by atoms with E-state index in [1.165, 1.54) is 10.8 Å². The maximum Gasteiger partial charge on any atom is 0.227 e. The van der Waals surface area contributed by atoms with Gasteiger partial charge in [0.2, 0.25) is 5.91 Å². The first-order chi connectivity index (χ1) is 13.2. The fourth-order valence-corrected chi connectivity index (χ4v) is 3.74. The van der Waals surface area contributed by atoms with E-state index in [0.29, 0.717) is 6.42 Å². The highest BCUT2D eigenvalue weighted by Gasteiger charge is 2.22. The van der Waals surface area contributed by atoms with E-state index in [1.54, 1.807) is 7.11 Å². The van der Waals surface area contributed by atoms with Gasteiger partial charge in [0.25, 0.3) is 0 Å². The van der Waals surface area contributed by atoms with Crippen molar-refractivity contribution in [2.75, 3.05) is 38.2 Å². The molecule has 1 fully saturated rings.